The highest BCUT2D eigenvalue weighted by atomic mass is 32.1. The Balaban J connectivity index is 2.17. The fraction of sp³-hybridized carbons (Fsp3) is 0.300. The molecule has 2 rings (SSSR count). The SMILES string of the molecule is CCN(C)C=Nc1cc(C)c(C(=S)CNc2c(F)cccc2F)cc1C. The van der Waals surface area contributed by atoms with Crippen LogP contribution in [0.5, 0.6) is 0 Å². The van der Waals surface area contributed by atoms with Gasteiger partial charge in [0.05, 0.1) is 18.6 Å². The number of aliphatic imine (C=N–C) groups is 1. The van der Waals surface area contributed by atoms with Crippen LogP contribution in [0.4, 0.5) is 20.2 Å². The van der Waals surface area contributed by atoms with Crippen molar-refractivity contribution in [2.24, 2.45) is 4.99 Å². The molecule has 0 fully saturated rings. The molecule has 0 aliphatic carbocycles. The lowest BCUT2D eigenvalue weighted by Gasteiger charge is -2.14. The number of rotatable bonds is 7. The molecule has 6 heteroatoms. The lowest BCUT2D eigenvalue weighted by Crippen LogP contribution is -2.16. The van der Waals surface area contributed by atoms with Crippen LogP contribution in [0, 0.1) is 25.5 Å². The Kier molecular flexibility index (Phi) is 6.80. The minimum Gasteiger partial charge on any atom is -0.375 e. The summed E-state index contributed by atoms with van der Waals surface area (Å²) in [5, 5.41) is 2.76. The first kappa shape index (κ1) is 20.0. The van der Waals surface area contributed by atoms with E-state index in [0.717, 1.165) is 28.9 Å². The summed E-state index contributed by atoms with van der Waals surface area (Å²) in [6, 6.07) is 7.70. The molecule has 0 unspecified atom stereocenters. The van der Waals surface area contributed by atoms with Crippen LogP contribution in [0.15, 0.2) is 35.3 Å². The first-order valence-electron chi connectivity index (χ1n) is 8.40. The van der Waals surface area contributed by atoms with E-state index in [1.165, 1.54) is 18.2 Å². The van der Waals surface area contributed by atoms with Crippen LogP contribution in [-0.2, 0) is 0 Å². The Labute approximate surface area is 158 Å². The Morgan fingerprint density at radius 1 is 1.19 bits per heavy atom. The van der Waals surface area contributed by atoms with Crippen molar-refractivity contribution in [3.05, 3.63) is 58.7 Å². The number of para-hydroxylation sites is 1. The highest BCUT2D eigenvalue weighted by Gasteiger charge is 2.12. The largest absolute Gasteiger partial charge is 0.375 e. The number of benzene rings is 2. The van der Waals surface area contributed by atoms with Crippen LogP contribution in [0.3, 0.4) is 0 Å². The molecule has 26 heavy (non-hydrogen) atoms. The molecule has 0 heterocycles. The molecule has 0 saturated heterocycles. The highest BCUT2D eigenvalue weighted by Crippen LogP contribution is 2.24. The van der Waals surface area contributed by atoms with Crippen molar-refractivity contribution < 1.29 is 8.78 Å². The van der Waals surface area contributed by atoms with Gasteiger partial charge < -0.3 is 10.2 Å². The molecule has 0 amide bonds. The van der Waals surface area contributed by atoms with E-state index < -0.39 is 11.6 Å². The third-order valence-corrected chi connectivity index (χ3v) is 4.49. The third kappa shape index (κ3) is 4.85. The fourth-order valence-electron chi connectivity index (χ4n) is 2.41. The summed E-state index contributed by atoms with van der Waals surface area (Å²) >= 11 is 5.47. The number of nitrogens with one attached hydrogen (secondary N) is 1. The number of hydrogen-bond acceptors (Lipinski definition) is 3. The van der Waals surface area contributed by atoms with Crippen molar-refractivity contribution in [3.8, 4) is 0 Å². The van der Waals surface area contributed by atoms with Crippen molar-refractivity contribution in [1.29, 1.82) is 0 Å². The van der Waals surface area contributed by atoms with E-state index in [1.807, 2.05) is 37.9 Å². The Hall–Kier alpha value is -2.34. The zero-order valence-electron chi connectivity index (χ0n) is 15.4. The number of hydrogen-bond donors (Lipinski definition) is 1. The molecule has 0 saturated carbocycles. The van der Waals surface area contributed by atoms with Gasteiger partial charge in [-0.2, -0.15) is 0 Å². The molecule has 0 spiro atoms. The third-order valence-electron chi connectivity index (χ3n) is 4.12. The Morgan fingerprint density at radius 2 is 1.85 bits per heavy atom. The van der Waals surface area contributed by atoms with Gasteiger partial charge in [0.25, 0.3) is 0 Å². The van der Waals surface area contributed by atoms with E-state index in [9.17, 15) is 8.78 Å². The highest BCUT2D eigenvalue weighted by molar-refractivity contribution is 7.81. The number of aryl methyl sites for hydroxylation is 2. The smallest absolute Gasteiger partial charge is 0.149 e. The van der Waals surface area contributed by atoms with Gasteiger partial charge in [0, 0.05) is 18.5 Å². The van der Waals surface area contributed by atoms with Gasteiger partial charge in [-0.25, -0.2) is 13.8 Å². The van der Waals surface area contributed by atoms with Crippen LogP contribution in [0.25, 0.3) is 0 Å². The van der Waals surface area contributed by atoms with Gasteiger partial charge in [0.2, 0.25) is 0 Å². The second-order valence-corrected chi connectivity index (χ2v) is 6.64. The maximum Gasteiger partial charge on any atom is 0.149 e. The lowest BCUT2D eigenvalue weighted by atomic mass is 10.0. The fourth-order valence-corrected chi connectivity index (χ4v) is 2.71. The first-order chi connectivity index (χ1) is 12.3. The summed E-state index contributed by atoms with van der Waals surface area (Å²) < 4.78 is 27.4. The maximum atomic E-state index is 13.7. The van der Waals surface area contributed by atoms with Gasteiger partial charge in [-0.1, -0.05) is 18.3 Å². The second kappa shape index (κ2) is 8.85. The molecule has 0 aliphatic rings. The summed E-state index contributed by atoms with van der Waals surface area (Å²) in [4.78, 5) is 7.08. The molecule has 1 N–H and O–H groups in total. The van der Waals surface area contributed by atoms with E-state index in [-0.39, 0.29) is 12.2 Å². The topological polar surface area (TPSA) is 27.6 Å². The van der Waals surface area contributed by atoms with E-state index in [0.29, 0.717) is 4.86 Å². The molecular formula is C20H23F2N3S. The summed E-state index contributed by atoms with van der Waals surface area (Å²) in [6.07, 6.45) is 1.79. The molecule has 0 bridgehead atoms. The number of nitrogens with zero attached hydrogens (tertiary/aromatic N) is 2. The van der Waals surface area contributed by atoms with Crippen LogP contribution in [0.1, 0.15) is 23.6 Å². The molecule has 0 radical (unpaired) electrons. The van der Waals surface area contributed by atoms with E-state index in [2.05, 4.69) is 17.2 Å². The number of thiocarbonyl (C=S) groups is 1. The Bertz CT molecular complexity index is 814. The second-order valence-electron chi connectivity index (χ2n) is 6.14. The van der Waals surface area contributed by atoms with Crippen LogP contribution < -0.4 is 5.32 Å². The standard InChI is InChI=1S/C20H23F2N3S/c1-5-25(4)12-24-18-10-13(2)15(9-14(18)3)19(26)11-23-20-16(21)7-6-8-17(20)22/h6-10,12,23H,5,11H2,1-4H3. The average Bonchev–Trinajstić information content (AvgIpc) is 2.61. The predicted molar refractivity (Wildman–Crippen MR) is 109 cm³/mol. The van der Waals surface area contributed by atoms with Gasteiger partial charge in [0.15, 0.2) is 0 Å². The molecule has 2 aromatic rings. The normalized spacial score (nSPS) is 11.0. The number of anilines is 1. The van der Waals surface area contributed by atoms with Crippen molar-refractivity contribution in [3.63, 3.8) is 0 Å². The molecule has 2 aromatic carbocycles. The van der Waals surface area contributed by atoms with Crippen molar-refractivity contribution in [1.82, 2.24) is 4.90 Å². The van der Waals surface area contributed by atoms with Crippen molar-refractivity contribution in [2.75, 3.05) is 25.5 Å². The number of halogens is 2. The van der Waals surface area contributed by atoms with Gasteiger partial charge in [-0.05, 0) is 61.7 Å². The minimum atomic E-state index is -0.634. The molecule has 0 aliphatic heterocycles. The van der Waals surface area contributed by atoms with Gasteiger partial charge >= 0.3 is 0 Å². The summed E-state index contributed by atoms with van der Waals surface area (Å²) in [5.74, 6) is -1.27. The van der Waals surface area contributed by atoms with E-state index in [1.54, 1.807) is 6.34 Å². The zero-order valence-corrected chi connectivity index (χ0v) is 16.3. The van der Waals surface area contributed by atoms with Crippen molar-refractivity contribution in [2.45, 2.75) is 20.8 Å². The average molecular weight is 375 g/mol. The molecule has 138 valence electrons. The van der Waals surface area contributed by atoms with Crippen LogP contribution >= 0.6 is 12.2 Å². The Morgan fingerprint density at radius 3 is 2.46 bits per heavy atom. The van der Waals surface area contributed by atoms with Crippen molar-refractivity contribution >= 4 is 34.8 Å². The summed E-state index contributed by atoms with van der Waals surface area (Å²) in [6.45, 7) is 7.02. The van der Waals surface area contributed by atoms with Gasteiger partial charge in [0.1, 0.15) is 17.3 Å². The summed E-state index contributed by atoms with van der Waals surface area (Å²) in [7, 11) is 1.96. The lowest BCUT2D eigenvalue weighted by molar-refractivity contribution is 0.552. The molecule has 0 atom stereocenters. The van der Waals surface area contributed by atoms with E-state index in [4.69, 9.17) is 12.2 Å². The quantitative estimate of drug-likeness (QED) is 0.319. The molecular weight excluding hydrogens is 352 g/mol. The molecule has 0 aromatic heterocycles. The first-order valence-corrected chi connectivity index (χ1v) is 8.81. The maximum absolute atomic E-state index is 13.7. The van der Waals surface area contributed by atoms with E-state index >= 15 is 0 Å². The minimum absolute atomic E-state index is 0.159. The van der Waals surface area contributed by atoms with Crippen LogP contribution in [-0.4, -0.2) is 36.2 Å². The summed E-state index contributed by atoms with van der Waals surface area (Å²) in [5.41, 5.74) is 3.56. The van der Waals surface area contributed by atoms with Crippen LogP contribution in [0.2, 0.25) is 0 Å². The predicted octanol–water partition coefficient (Wildman–Crippen LogP) is 5.02. The molecule has 3 nitrogen and oxygen atoms in total. The zero-order chi connectivity index (χ0) is 19.3. The van der Waals surface area contributed by atoms with Gasteiger partial charge in [-0.15, -0.1) is 0 Å². The monoisotopic (exact) mass is 375 g/mol. The van der Waals surface area contributed by atoms with Gasteiger partial charge in [-0.3, -0.25) is 0 Å².